The fraction of sp³-hybridized carbons (Fsp3) is 0.0667. The molecule has 1 heterocycles. The van der Waals surface area contributed by atoms with Gasteiger partial charge in [-0.05, 0) is 29.8 Å². The molecule has 0 atom stereocenters. The number of aromatic amines is 1. The quantitative estimate of drug-likeness (QED) is 0.586. The highest BCUT2D eigenvalue weighted by Crippen LogP contribution is 2.23. The van der Waals surface area contributed by atoms with E-state index in [-0.39, 0.29) is 11.4 Å². The van der Waals surface area contributed by atoms with Gasteiger partial charge < -0.3 is 4.98 Å². The molecule has 0 aliphatic rings. The van der Waals surface area contributed by atoms with Gasteiger partial charge in [0.25, 0.3) is 5.56 Å². The second-order valence-electron chi connectivity index (χ2n) is 4.41. The molecule has 0 fully saturated rings. The third-order valence-electron chi connectivity index (χ3n) is 2.97. The van der Waals surface area contributed by atoms with E-state index in [1.165, 1.54) is 17.8 Å². The molecular formula is C15H10ClFN2OS. The molecule has 0 amide bonds. The van der Waals surface area contributed by atoms with Gasteiger partial charge in [-0.25, -0.2) is 9.37 Å². The van der Waals surface area contributed by atoms with Crippen molar-refractivity contribution in [2.75, 3.05) is 0 Å². The molecule has 0 spiro atoms. The van der Waals surface area contributed by atoms with Crippen molar-refractivity contribution in [3.8, 4) is 0 Å². The minimum absolute atomic E-state index is 0.195. The van der Waals surface area contributed by atoms with Crippen molar-refractivity contribution in [1.29, 1.82) is 0 Å². The summed E-state index contributed by atoms with van der Waals surface area (Å²) in [5.41, 5.74) is 0.945. The van der Waals surface area contributed by atoms with Crippen molar-refractivity contribution < 1.29 is 4.39 Å². The number of thioether (sulfide) groups is 1. The van der Waals surface area contributed by atoms with E-state index in [2.05, 4.69) is 9.97 Å². The number of H-pyrrole nitrogens is 1. The lowest BCUT2D eigenvalue weighted by Crippen LogP contribution is -2.08. The average molecular weight is 321 g/mol. The zero-order chi connectivity index (χ0) is 14.8. The number of nitrogens with zero attached hydrogens (tertiary/aromatic N) is 1. The summed E-state index contributed by atoms with van der Waals surface area (Å²) in [5, 5.41) is 1.37. The molecule has 1 N–H and O–H groups in total. The van der Waals surface area contributed by atoms with Crippen molar-refractivity contribution >= 4 is 34.3 Å². The summed E-state index contributed by atoms with van der Waals surface area (Å²) in [6, 6.07) is 11.6. The molecule has 0 radical (unpaired) electrons. The van der Waals surface area contributed by atoms with E-state index in [0.717, 1.165) is 0 Å². The van der Waals surface area contributed by atoms with E-state index >= 15 is 0 Å². The van der Waals surface area contributed by atoms with Gasteiger partial charge in [-0.3, -0.25) is 4.79 Å². The molecule has 0 saturated heterocycles. The molecule has 6 heteroatoms. The number of hydrogen-bond acceptors (Lipinski definition) is 3. The maximum Gasteiger partial charge on any atom is 0.259 e. The summed E-state index contributed by atoms with van der Waals surface area (Å²) in [6.45, 7) is 0. The zero-order valence-corrected chi connectivity index (χ0v) is 12.3. The lowest BCUT2D eigenvalue weighted by Gasteiger charge is -2.04. The minimum Gasteiger partial charge on any atom is -0.301 e. The van der Waals surface area contributed by atoms with E-state index in [1.54, 1.807) is 30.3 Å². The summed E-state index contributed by atoms with van der Waals surface area (Å²) in [4.78, 5) is 19.0. The van der Waals surface area contributed by atoms with Gasteiger partial charge in [-0.1, -0.05) is 41.6 Å². The van der Waals surface area contributed by atoms with Crippen LogP contribution in [0.2, 0.25) is 5.02 Å². The Morgan fingerprint density at radius 1 is 1.24 bits per heavy atom. The van der Waals surface area contributed by atoms with Crippen LogP contribution < -0.4 is 5.56 Å². The van der Waals surface area contributed by atoms with Crippen LogP contribution in [-0.2, 0) is 5.75 Å². The molecule has 3 rings (SSSR count). The van der Waals surface area contributed by atoms with Gasteiger partial charge in [0, 0.05) is 10.8 Å². The molecule has 21 heavy (non-hydrogen) atoms. The Hall–Kier alpha value is -1.85. The monoisotopic (exact) mass is 320 g/mol. The number of nitrogens with one attached hydrogen (secondary N) is 1. The predicted molar refractivity (Wildman–Crippen MR) is 83.3 cm³/mol. The highest BCUT2D eigenvalue weighted by molar-refractivity contribution is 7.98. The Morgan fingerprint density at radius 2 is 2.05 bits per heavy atom. The number of benzene rings is 2. The number of hydrogen-bond donors (Lipinski definition) is 1. The Bertz CT molecular complexity index is 866. The normalized spacial score (nSPS) is 11.0. The van der Waals surface area contributed by atoms with Crippen LogP contribution in [0.25, 0.3) is 10.9 Å². The highest BCUT2D eigenvalue weighted by Gasteiger charge is 2.07. The van der Waals surface area contributed by atoms with E-state index in [4.69, 9.17) is 11.6 Å². The van der Waals surface area contributed by atoms with Gasteiger partial charge in [0.15, 0.2) is 5.16 Å². The molecule has 106 valence electrons. The Kier molecular flexibility index (Phi) is 3.94. The van der Waals surface area contributed by atoms with E-state index in [9.17, 15) is 9.18 Å². The second-order valence-corrected chi connectivity index (χ2v) is 5.81. The fourth-order valence-electron chi connectivity index (χ4n) is 1.92. The largest absolute Gasteiger partial charge is 0.301 e. The first-order chi connectivity index (χ1) is 10.1. The van der Waals surface area contributed by atoms with Gasteiger partial charge in [0.05, 0.1) is 10.9 Å². The first-order valence-electron chi connectivity index (χ1n) is 6.19. The van der Waals surface area contributed by atoms with E-state index in [1.807, 2.05) is 6.07 Å². The summed E-state index contributed by atoms with van der Waals surface area (Å²) in [7, 11) is 0. The summed E-state index contributed by atoms with van der Waals surface area (Å²) >= 11 is 6.99. The smallest absolute Gasteiger partial charge is 0.259 e. The number of para-hydroxylation sites is 1. The number of rotatable bonds is 3. The van der Waals surface area contributed by atoms with Crippen molar-refractivity contribution in [2.45, 2.75) is 10.9 Å². The van der Waals surface area contributed by atoms with Gasteiger partial charge in [0.1, 0.15) is 5.82 Å². The Labute approximate surface area is 129 Å². The molecule has 0 unspecified atom stereocenters. The van der Waals surface area contributed by atoms with Crippen LogP contribution in [0, 0.1) is 5.82 Å². The van der Waals surface area contributed by atoms with E-state index < -0.39 is 0 Å². The van der Waals surface area contributed by atoms with Crippen LogP contribution in [-0.4, -0.2) is 9.97 Å². The molecule has 0 aliphatic heterocycles. The lowest BCUT2D eigenvalue weighted by molar-refractivity contribution is 0.617. The fourth-order valence-corrected chi connectivity index (χ4v) is 2.93. The van der Waals surface area contributed by atoms with Crippen LogP contribution in [0.1, 0.15) is 5.56 Å². The topological polar surface area (TPSA) is 45.8 Å². The number of fused-ring (bicyclic) bond motifs is 1. The van der Waals surface area contributed by atoms with Gasteiger partial charge in [-0.2, -0.15) is 0 Å². The molecule has 3 nitrogen and oxygen atoms in total. The number of halogens is 2. The summed E-state index contributed by atoms with van der Waals surface area (Å²) in [5.74, 6) is 0.00252. The van der Waals surface area contributed by atoms with Crippen LogP contribution >= 0.6 is 23.4 Å². The molecular weight excluding hydrogens is 311 g/mol. The zero-order valence-electron chi connectivity index (χ0n) is 10.8. The first kappa shape index (κ1) is 14.1. The van der Waals surface area contributed by atoms with Crippen molar-refractivity contribution in [1.82, 2.24) is 9.97 Å². The standard InChI is InChI=1S/C15H10ClFN2OS/c16-10-6-5-9(12(17)7-10)8-21-15-18-13-4-2-1-3-11(13)14(20)19-15/h1-7H,8H2,(H,18,19,20). The number of aromatic nitrogens is 2. The van der Waals surface area contributed by atoms with Crippen LogP contribution in [0.4, 0.5) is 4.39 Å². The van der Waals surface area contributed by atoms with Gasteiger partial charge in [-0.15, -0.1) is 0 Å². The molecule has 2 aromatic carbocycles. The van der Waals surface area contributed by atoms with Crippen LogP contribution in [0.15, 0.2) is 52.4 Å². The first-order valence-corrected chi connectivity index (χ1v) is 7.55. The Morgan fingerprint density at radius 3 is 2.86 bits per heavy atom. The highest BCUT2D eigenvalue weighted by atomic mass is 35.5. The molecule has 0 bridgehead atoms. The third kappa shape index (κ3) is 3.09. The van der Waals surface area contributed by atoms with Crippen LogP contribution in [0.5, 0.6) is 0 Å². The average Bonchev–Trinajstić information content (AvgIpc) is 2.46. The third-order valence-corrected chi connectivity index (χ3v) is 4.13. The van der Waals surface area contributed by atoms with E-state index in [0.29, 0.717) is 32.4 Å². The van der Waals surface area contributed by atoms with Crippen molar-refractivity contribution in [2.24, 2.45) is 0 Å². The SMILES string of the molecule is O=c1[nH]c(SCc2ccc(Cl)cc2F)nc2ccccc12. The van der Waals surface area contributed by atoms with Gasteiger partial charge in [0.2, 0.25) is 0 Å². The Balaban J connectivity index is 1.87. The van der Waals surface area contributed by atoms with Crippen LogP contribution in [0.3, 0.4) is 0 Å². The minimum atomic E-state index is -0.363. The van der Waals surface area contributed by atoms with Crippen molar-refractivity contribution in [3.05, 3.63) is 69.2 Å². The summed E-state index contributed by atoms with van der Waals surface area (Å²) in [6.07, 6.45) is 0. The van der Waals surface area contributed by atoms with Crippen molar-refractivity contribution in [3.63, 3.8) is 0 Å². The molecule has 3 aromatic rings. The molecule has 0 saturated carbocycles. The maximum atomic E-state index is 13.7. The summed E-state index contributed by atoms with van der Waals surface area (Å²) < 4.78 is 13.7. The maximum absolute atomic E-state index is 13.7. The lowest BCUT2D eigenvalue weighted by atomic mass is 10.2. The molecule has 1 aromatic heterocycles. The predicted octanol–water partition coefficient (Wildman–Crippen LogP) is 4.01. The molecule has 0 aliphatic carbocycles. The van der Waals surface area contributed by atoms with Gasteiger partial charge >= 0.3 is 0 Å². The second kappa shape index (κ2) is 5.87.